The summed E-state index contributed by atoms with van der Waals surface area (Å²) in [5.74, 6) is 1.05. The lowest BCUT2D eigenvalue weighted by Crippen LogP contribution is -2.09. The zero-order valence-electron chi connectivity index (χ0n) is 13.2. The van der Waals surface area contributed by atoms with Gasteiger partial charge in [0, 0.05) is 19.2 Å². The van der Waals surface area contributed by atoms with Crippen LogP contribution < -0.4 is 4.72 Å². The first kappa shape index (κ1) is 15.6. The van der Waals surface area contributed by atoms with Gasteiger partial charge >= 0.3 is 0 Å². The van der Waals surface area contributed by atoms with Gasteiger partial charge < -0.3 is 4.57 Å². The summed E-state index contributed by atoms with van der Waals surface area (Å²) in [5.41, 5.74) is 3.88. The second-order valence-electron chi connectivity index (χ2n) is 5.65. The summed E-state index contributed by atoms with van der Waals surface area (Å²) in [4.78, 5) is 4.66. The van der Waals surface area contributed by atoms with Crippen molar-refractivity contribution >= 4 is 26.7 Å². The minimum atomic E-state index is -3.23. The van der Waals surface area contributed by atoms with Crippen molar-refractivity contribution in [3.8, 4) is 0 Å². The van der Waals surface area contributed by atoms with Crippen LogP contribution in [0.25, 0.3) is 11.0 Å². The quantitative estimate of drug-likeness (QED) is 0.783. The van der Waals surface area contributed by atoms with Crippen molar-refractivity contribution in [3.63, 3.8) is 0 Å². The number of nitrogens with one attached hydrogen (secondary N) is 1. The molecule has 1 aromatic heterocycles. The summed E-state index contributed by atoms with van der Waals surface area (Å²) in [7, 11) is -1.20. The molecule has 0 spiro atoms. The number of fused-ring (bicyclic) bond motifs is 1. The average molecular weight is 329 g/mol. The summed E-state index contributed by atoms with van der Waals surface area (Å²) in [6.45, 7) is 0. The Kier molecular flexibility index (Phi) is 4.09. The van der Waals surface area contributed by atoms with E-state index in [4.69, 9.17) is 0 Å². The lowest BCUT2D eigenvalue weighted by atomic mass is 10.1. The second-order valence-corrected chi connectivity index (χ2v) is 7.40. The first-order chi connectivity index (χ1) is 10.9. The molecule has 6 heteroatoms. The molecule has 0 unspecified atom stereocenters. The molecule has 120 valence electrons. The van der Waals surface area contributed by atoms with Crippen LogP contribution in [0.2, 0.25) is 0 Å². The van der Waals surface area contributed by atoms with Crippen LogP contribution in [0.3, 0.4) is 0 Å². The van der Waals surface area contributed by atoms with Gasteiger partial charge in [0.1, 0.15) is 5.82 Å². The van der Waals surface area contributed by atoms with E-state index in [9.17, 15) is 8.42 Å². The first-order valence-electron chi connectivity index (χ1n) is 7.39. The summed E-state index contributed by atoms with van der Waals surface area (Å²) < 4.78 is 27.0. The largest absolute Gasteiger partial charge is 0.331 e. The number of hydrogen-bond acceptors (Lipinski definition) is 3. The topological polar surface area (TPSA) is 64.0 Å². The molecule has 0 fully saturated rings. The van der Waals surface area contributed by atoms with E-state index in [0.717, 1.165) is 41.5 Å². The predicted octanol–water partition coefficient (Wildman–Crippen LogP) is 2.73. The normalized spacial score (nSPS) is 11.7. The van der Waals surface area contributed by atoms with E-state index in [-0.39, 0.29) is 0 Å². The summed E-state index contributed by atoms with van der Waals surface area (Å²) in [6, 6.07) is 15.5. The van der Waals surface area contributed by atoms with Gasteiger partial charge in [0.25, 0.3) is 0 Å². The van der Waals surface area contributed by atoms with Crippen molar-refractivity contribution in [2.75, 3.05) is 11.0 Å². The Labute approximate surface area is 136 Å². The molecule has 3 aromatic rings. The average Bonchev–Trinajstić information content (AvgIpc) is 2.82. The maximum absolute atomic E-state index is 11.2. The van der Waals surface area contributed by atoms with Gasteiger partial charge in [-0.25, -0.2) is 13.4 Å². The van der Waals surface area contributed by atoms with Crippen molar-refractivity contribution in [3.05, 3.63) is 59.9 Å². The molecular formula is C17H19N3O2S. The number of hydrogen-bond donors (Lipinski definition) is 1. The third kappa shape index (κ3) is 3.71. The Hall–Kier alpha value is -2.34. The van der Waals surface area contributed by atoms with E-state index in [1.165, 1.54) is 0 Å². The molecule has 1 N–H and O–H groups in total. The van der Waals surface area contributed by atoms with Crippen LogP contribution in [0.15, 0.2) is 48.5 Å². The van der Waals surface area contributed by atoms with E-state index >= 15 is 0 Å². The number of para-hydroxylation sites is 2. The van der Waals surface area contributed by atoms with E-state index in [1.54, 1.807) is 12.1 Å². The molecule has 0 bridgehead atoms. The molecule has 0 aliphatic heterocycles. The van der Waals surface area contributed by atoms with Gasteiger partial charge in [-0.05, 0) is 36.2 Å². The van der Waals surface area contributed by atoms with Gasteiger partial charge in [-0.3, -0.25) is 4.72 Å². The second kappa shape index (κ2) is 6.04. The molecule has 3 rings (SSSR count). The Morgan fingerprint density at radius 1 is 1.04 bits per heavy atom. The number of imidazole rings is 1. The van der Waals surface area contributed by atoms with Crippen molar-refractivity contribution < 1.29 is 8.42 Å². The Balaban J connectivity index is 1.71. The van der Waals surface area contributed by atoms with Crippen molar-refractivity contribution in [2.24, 2.45) is 7.05 Å². The Bertz CT molecular complexity index is 928. The molecule has 0 radical (unpaired) electrons. The Morgan fingerprint density at radius 2 is 1.74 bits per heavy atom. The minimum Gasteiger partial charge on any atom is -0.331 e. The van der Waals surface area contributed by atoms with Gasteiger partial charge in [-0.15, -0.1) is 0 Å². The van der Waals surface area contributed by atoms with Crippen LogP contribution >= 0.6 is 0 Å². The molecule has 0 aliphatic carbocycles. The van der Waals surface area contributed by atoms with Crippen molar-refractivity contribution in [1.82, 2.24) is 9.55 Å². The van der Waals surface area contributed by atoms with Crippen LogP contribution in [0.5, 0.6) is 0 Å². The highest BCUT2D eigenvalue weighted by molar-refractivity contribution is 7.92. The monoisotopic (exact) mass is 329 g/mol. The van der Waals surface area contributed by atoms with Gasteiger partial charge in [-0.1, -0.05) is 24.3 Å². The third-order valence-electron chi connectivity index (χ3n) is 3.77. The van der Waals surface area contributed by atoms with Crippen LogP contribution in [0, 0.1) is 0 Å². The third-order valence-corrected chi connectivity index (χ3v) is 4.38. The zero-order valence-corrected chi connectivity index (χ0v) is 14.0. The molecule has 0 atom stereocenters. The van der Waals surface area contributed by atoms with Crippen LogP contribution in [0.1, 0.15) is 11.4 Å². The van der Waals surface area contributed by atoms with E-state index in [2.05, 4.69) is 20.3 Å². The maximum atomic E-state index is 11.2. The van der Waals surface area contributed by atoms with Gasteiger partial charge in [0.15, 0.2) is 0 Å². The predicted molar refractivity (Wildman–Crippen MR) is 93.0 cm³/mol. The molecule has 0 saturated carbocycles. The number of rotatable bonds is 5. The van der Waals surface area contributed by atoms with E-state index < -0.39 is 10.0 Å². The number of aromatic nitrogens is 2. The first-order valence-corrected chi connectivity index (χ1v) is 9.28. The van der Waals surface area contributed by atoms with Crippen LogP contribution in [0.4, 0.5) is 5.69 Å². The highest BCUT2D eigenvalue weighted by atomic mass is 32.2. The molecule has 0 amide bonds. The standard InChI is InChI=1S/C17H19N3O2S/c1-20-16-6-4-3-5-15(16)18-17(20)12-9-13-7-10-14(11-8-13)19-23(2,21)22/h3-8,10-11,19H,9,12H2,1-2H3. The zero-order chi connectivity index (χ0) is 16.4. The number of benzene rings is 2. The molecule has 5 nitrogen and oxygen atoms in total. The summed E-state index contributed by atoms with van der Waals surface area (Å²) in [6.07, 6.45) is 2.84. The molecule has 0 saturated heterocycles. The SMILES string of the molecule is Cn1c(CCc2ccc(NS(C)(=O)=O)cc2)nc2ccccc21. The lowest BCUT2D eigenvalue weighted by molar-refractivity contribution is 0.607. The summed E-state index contributed by atoms with van der Waals surface area (Å²) in [5, 5.41) is 0. The minimum absolute atomic E-state index is 0.582. The van der Waals surface area contributed by atoms with Crippen LogP contribution in [-0.2, 0) is 29.9 Å². The van der Waals surface area contributed by atoms with E-state index in [1.807, 2.05) is 37.4 Å². The van der Waals surface area contributed by atoms with Crippen LogP contribution in [-0.4, -0.2) is 24.2 Å². The fourth-order valence-electron chi connectivity index (χ4n) is 2.63. The number of aryl methyl sites for hydroxylation is 3. The molecule has 0 aliphatic rings. The highest BCUT2D eigenvalue weighted by Crippen LogP contribution is 2.17. The number of sulfonamides is 1. The maximum Gasteiger partial charge on any atom is 0.229 e. The molecule has 1 heterocycles. The van der Waals surface area contributed by atoms with Gasteiger partial charge in [0.2, 0.25) is 10.0 Å². The smallest absolute Gasteiger partial charge is 0.229 e. The van der Waals surface area contributed by atoms with Gasteiger partial charge in [0.05, 0.1) is 17.3 Å². The van der Waals surface area contributed by atoms with Gasteiger partial charge in [-0.2, -0.15) is 0 Å². The number of anilines is 1. The lowest BCUT2D eigenvalue weighted by Gasteiger charge is -2.06. The number of nitrogens with zero attached hydrogens (tertiary/aromatic N) is 2. The Morgan fingerprint density at radius 3 is 2.39 bits per heavy atom. The molecular weight excluding hydrogens is 310 g/mol. The van der Waals surface area contributed by atoms with Crippen molar-refractivity contribution in [2.45, 2.75) is 12.8 Å². The fraction of sp³-hybridized carbons (Fsp3) is 0.235. The molecule has 23 heavy (non-hydrogen) atoms. The summed E-state index contributed by atoms with van der Waals surface area (Å²) >= 11 is 0. The highest BCUT2D eigenvalue weighted by Gasteiger charge is 2.07. The molecule has 2 aromatic carbocycles. The van der Waals surface area contributed by atoms with Crippen molar-refractivity contribution in [1.29, 1.82) is 0 Å². The van der Waals surface area contributed by atoms with E-state index in [0.29, 0.717) is 5.69 Å². The fourth-order valence-corrected chi connectivity index (χ4v) is 3.19.